The molecule has 23 heavy (non-hydrogen) atoms. The molecule has 2 heterocycles. The fourth-order valence-corrected chi connectivity index (χ4v) is 3.08. The summed E-state index contributed by atoms with van der Waals surface area (Å²) in [6.07, 6.45) is 0. The fourth-order valence-electron chi connectivity index (χ4n) is 2.86. The van der Waals surface area contributed by atoms with Crippen LogP contribution in [0.15, 0.2) is 70.8 Å². The lowest BCUT2D eigenvalue weighted by molar-refractivity contribution is -0.115. The highest BCUT2D eigenvalue weighted by molar-refractivity contribution is 6.37. The van der Waals surface area contributed by atoms with Gasteiger partial charge in [-0.2, -0.15) is 4.99 Å². The van der Waals surface area contributed by atoms with E-state index < -0.39 is 0 Å². The number of carbonyl (C=O) groups excluding carboxylic acids is 1. The first-order valence-corrected chi connectivity index (χ1v) is 7.54. The van der Waals surface area contributed by atoms with Gasteiger partial charge in [0.05, 0.1) is 17.1 Å². The van der Waals surface area contributed by atoms with Crippen LogP contribution in [0.1, 0.15) is 11.1 Å². The van der Waals surface area contributed by atoms with Crippen molar-refractivity contribution in [1.29, 1.82) is 0 Å². The van der Waals surface area contributed by atoms with Crippen LogP contribution in [0.3, 0.4) is 0 Å². The standard InChI is InChI=1S/C18H12ClN3O/c1-11-18-21-16(23)10-22(18)15-9-5-3-7-13(15)17(20-11)12-6-2-4-8-14(12)19/h2-9H,1,10H2. The normalized spacial score (nSPS) is 16.5. The molecule has 0 unspecified atom stereocenters. The average Bonchev–Trinajstić information content (AvgIpc) is 2.91. The Bertz CT molecular complexity index is 914. The number of benzene rings is 2. The molecule has 0 spiro atoms. The van der Waals surface area contributed by atoms with Crippen LogP contribution >= 0.6 is 11.6 Å². The van der Waals surface area contributed by atoms with Crippen molar-refractivity contribution in [3.05, 3.63) is 77.0 Å². The molecule has 0 aromatic heterocycles. The highest BCUT2D eigenvalue weighted by Gasteiger charge is 2.32. The zero-order valence-corrected chi connectivity index (χ0v) is 12.9. The number of amidine groups is 1. The van der Waals surface area contributed by atoms with E-state index in [1.54, 1.807) is 0 Å². The molecule has 2 aliphatic heterocycles. The van der Waals surface area contributed by atoms with Gasteiger partial charge in [0.1, 0.15) is 6.54 Å². The molecule has 0 saturated carbocycles. The number of nitrogens with zero attached hydrogens (tertiary/aromatic N) is 3. The molecule has 2 aromatic rings. The molecule has 0 fully saturated rings. The van der Waals surface area contributed by atoms with E-state index in [2.05, 4.69) is 16.6 Å². The van der Waals surface area contributed by atoms with Crippen LogP contribution in [0, 0.1) is 0 Å². The number of amides is 1. The minimum Gasteiger partial charge on any atom is -0.314 e. The van der Waals surface area contributed by atoms with Crippen molar-refractivity contribution < 1.29 is 4.79 Å². The molecule has 0 radical (unpaired) electrons. The largest absolute Gasteiger partial charge is 0.314 e. The second-order valence-electron chi connectivity index (χ2n) is 5.32. The van der Waals surface area contributed by atoms with E-state index in [-0.39, 0.29) is 12.5 Å². The zero-order chi connectivity index (χ0) is 16.0. The van der Waals surface area contributed by atoms with E-state index in [1.165, 1.54) is 0 Å². The lowest BCUT2D eigenvalue weighted by Crippen LogP contribution is -2.28. The molecular weight excluding hydrogens is 310 g/mol. The zero-order valence-electron chi connectivity index (χ0n) is 12.2. The number of rotatable bonds is 1. The SMILES string of the molecule is C=C1N=C(c2ccccc2Cl)c2ccccc2N2CC(=O)N=C12. The maximum atomic E-state index is 11.7. The topological polar surface area (TPSA) is 45.0 Å². The van der Waals surface area contributed by atoms with Crippen molar-refractivity contribution in [2.24, 2.45) is 9.98 Å². The number of para-hydroxylation sites is 1. The lowest BCUT2D eigenvalue weighted by atomic mass is 10.00. The van der Waals surface area contributed by atoms with Crippen LogP contribution in [-0.2, 0) is 4.79 Å². The number of anilines is 1. The number of hydrogen-bond acceptors (Lipinski definition) is 3. The van der Waals surface area contributed by atoms with Crippen LogP contribution in [0.4, 0.5) is 5.69 Å². The van der Waals surface area contributed by atoms with Gasteiger partial charge in [-0.25, -0.2) is 4.99 Å². The monoisotopic (exact) mass is 321 g/mol. The van der Waals surface area contributed by atoms with Gasteiger partial charge in [-0.15, -0.1) is 0 Å². The van der Waals surface area contributed by atoms with E-state index in [4.69, 9.17) is 11.6 Å². The van der Waals surface area contributed by atoms with Gasteiger partial charge >= 0.3 is 0 Å². The third-order valence-corrected chi connectivity index (χ3v) is 4.19. The minimum atomic E-state index is -0.188. The highest BCUT2D eigenvalue weighted by Crippen LogP contribution is 2.32. The summed E-state index contributed by atoms with van der Waals surface area (Å²) in [6, 6.07) is 15.3. The summed E-state index contributed by atoms with van der Waals surface area (Å²) in [5.74, 6) is 0.317. The molecule has 0 bridgehead atoms. The predicted octanol–water partition coefficient (Wildman–Crippen LogP) is 3.45. The van der Waals surface area contributed by atoms with Crippen molar-refractivity contribution in [1.82, 2.24) is 0 Å². The average molecular weight is 322 g/mol. The molecule has 0 saturated heterocycles. The minimum absolute atomic E-state index is 0.188. The van der Waals surface area contributed by atoms with E-state index >= 15 is 0 Å². The molecule has 2 aromatic carbocycles. The summed E-state index contributed by atoms with van der Waals surface area (Å²) >= 11 is 6.36. The van der Waals surface area contributed by atoms with Crippen LogP contribution in [-0.4, -0.2) is 24.0 Å². The van der Waals surface area contributed by atoms with Gasteiger partial charge in [0.15, 0.2) is 5.84 Å². The third kappa shape index (κ3) is 2.19. The molecule has 4 rings (SSSR count). The first kappa shape index (κ1) is 13.9. The van der Waals surface area contributed by atoms with Crippen molar-refractivity contribution in [3.63, 3.8) is 0 Å². The van der Waals surface area contributed by atoms with Crippen LogP contribution in [0.25, 0.3) is 0 Å². The summed E-state index contributed by atoms with van der Waals surface area (Å²) in [5.41, 5.74) is 3.81. The highest BCUT2D eigenvalue weighted by atomic mass is 35.5. The van der Waals surface area contributed by atoms with Crippen molar-refractivity contribution in [2.45, 2.75) is 0 Å². The Hall–Kier alpha value is -2.72. The second-order valence-corrected chi connectivity index (χ2v) is 5.73. The van der Waals surface area contributed by atoms with E-state index in [9.17, 15) is 4.79 Å². The van der Waals surface area contributed by atoms with Crippen molar-refractivity contribution in [2.75, 3.05) is 11.4 Å². The number of halogens is 1. The van der Waals surface area contributed by atoms with Gasteiger partial charge in [0.2, 0.25) is 0 Å². The van der Waals surface area contributed by atoms with E-state index in [0.717, 1.165) is 22.5 Å². The van der Waals surface area contributed by atoms with Gasteiger partial charge in [-0.3, -0.25) is 4.79 Å². The quantitative estimate of drug-likeness (QED) is 0.807. The Labute approximate surface area is 138 Å². The fraction of sp³-hybridized carbons (Fsp3) is 0.0556. The van der Waals surface area contributed by atoms with Crippen molar-refractivity contribution >= 4 is 34.7 Å². The Kier molecular flexibility index (Phi) is 3.13. The van der Waals surface area contributed by atoms with E-state index in [1.807, 2.05) is 53.4 Å². The lowest BCUT2D eigenvalue weighted by Gasteiger charge is -2.19. The Morgan fingerprint density at radius 1 is 1.00 bits per heavy atom. The number of hydrogen-bond donors (Lipinski definition) is 0. The summed E-state index contributed by atoms with van der Waals surface area (Å²) < 4.78 is 0. The number of aliphatic imine (C=N–C) groups is 2. The van der Waals surface area contributed by atoms with Gasteiger partial charge in [0.25, 0.3) is 5.91 Å². The molecule has 2 aliphatic rings. The Balaban J connectivity index is 2.00. The molecule has 5 heteroatoms. The third-order valence-electron chi connectivity index (χ3n) is 3.86. The summed E-state index contributed by atoms with van der Waals surface area (Å²) in [5, 5.41) is 0.619. The first-order valence-electron chi connectivity index (χ1n) is 7.16. The maximum absolute atomic E-state index is 11.7. The van der Waals surface area contributed by atoms with Gasteiger partial charge in [-0.05, 0) is 12.1 Å². The van der Waals surface area contributed by atoms with Crippen molar-refractivity contribution in [3.8, 4) is 0 Å². The van der Waals surface area contributed by atoms with Crippen LogP contribution < -0.4 is 4.90 Å². The Morgan fingerprint density at radius 2 is 1.70 bits per heavy atom. The molecule has 0 aliphatic carbocycles. The first-order chi connectivity index (χ1) is 11.1. The number of fused-ring (bicyclic) bond motifs is 3. The molecule has 4 nitrogen and oxygen atoms in total. The molecule has 0 N–H and O–H groups in total. The van der Waals surface area contributed by atoms with Gasteiger partial charge in [0, 0.05) is 16.1 Å². The van der Waals surface area contributed by atoms with Crippen LogP contribution in [0.5, 0.6) is 0 Å². The summed E-state index contributed by atoms with van der Waals surface area (Å²) in [7, 11) is 0. The molecule has 112 valence electrons. The summed E-state index contributed by atoms with van der Waals surface area (Å²) in [6.45, 7) is 4.19. The molecule has 1 amide bonds. The number of carbonyl (C=O) groups is 1. The predicted molar refractivity (Wildman–Crippen MR) is 92.5 cm³/mol. The Morgan fingerprint density at radius 3 is 2.48 bits per heavy atom. The maximum Gasteiger partial charge on any atom is 0.267 e. The smallest absolute Gasteiger partial charge is 0.267 e. The van der Waals surface area contributed by atoms with Gasteiger partial charge < -0.3 is 4.90 Å². The van der Waals surface area contributed by atoms with Crippen LogP contribution in [0.2, 0.25) is 5.02 Å². The molecule has 0 atom stereocenters. The van der Waals surface area contributed by atoms with Gasteiger partial charge in [-0.1, -0.05) is 54.6 Å². The molecular formula is C18H12ClN3O. The second kappa shape index (κ2) is 5.18. The van der Waals surface area contributed by atoms with E-state index in [0.29, 0.717) is 16.6 Å². The summed E-state index contributed by atoms with van der Waals surface area (Å²) in [4.78, 5) is 22.3.